The van der Waals surface area contributed by atoms with Crippen LogP contribution in [0.3, 0.4) is 0 Å². The SMILES string of the molecule is CCc1ccccc1N1C(=O)CSC1=NC(=O)CCCc1cccc(-c2ncn(-c3ccc(OC(F)(F)F)cc3)n2)c1. The minimum atomic E-state index is -4.76. The number of carbonyl (C=O) groups is 2. The molecule has 4 aromatic rings. The maximum atomic E-state index is 12.7. The fourth-order valence-electron chi connectivity index (χ4n) is 4.50. The number of aromatic nitrogens is 3. The molecular formula is C30H26F3N5O3S. The van der Waals surface area contributed by atoms with Crippen LogP contribution in [0.4, 0.5) is 18.9 Å². The second kappa shape index (κ2) is 12.6. The van der Waals surface area contributed by atoms with Crippen LogP contribution in [0.1, 0.15) is 30.9 Å². The Morgan fingerprint density at radius 1 is 1.07 bits per heavy atom. The molecule has 8 nitrogen and oxygen atoms in total. The van der Waals surface area contributed by atoms with Gasteiger partial charge in [0.1, 0.15) is 12.1 Å². The summed E-state index contributed by atoms with van der Waals surface area (Å²) in [6.45, 7) is 2.02. The average molecular weight is 594 g/mol. The molecule has 0 saturated carbocycles. The van der Waals surface area contributed by atoms with E-state index in [1.807, 2.05) is 55.5 Å². The largest absolute Gasteiger partial charge is 0.573 e. The Bertz CT molecular complexity index is 1620. The zero-order valence-corrected chi connectivity index (χ0v) is 23.4. The van der Waals surface area contributed by atoms with Crippen molar-refractivity contribution >= 4 is 34.4 Å². The number of aryl methyl sites for hydroxylation is 2. The van der Waals surface area contributed by atoms with Crippen molar-refractivity contribution < 1.29 is 27.5 Å². The maximum Gasteiger partial charge on any atom is 0.573 e. The predicted octanol–water partition coefficient (Wildman–Crippen LogP) is 6.38. The first-order valence-corrected chi connectivity index (χ1v) is 14.2. The number of carbonyl (C=O) groups excluding carboxylic acids is 2. The van der Waals surface area contributed by atoms with Crippen LogP contribution in [-0.4, -0.2) is 43.9 Å². The molecule has 0 spiro atoms. The van der Waals surface area contributed by atoms with Gasteiger partial charge in [-0.3, -0.25) is 14.5 Å². The molecule has 0 atom stereocenters. The van der Waals surface area contributed by atoms with Gasteiger partial charge in [0, 0.05) is 12.0 Å². The highest BCUT2D eigenvalue weighted by Gasteiger charge is 2.32. The zero-order chi connectivity index (χ0) is 29.7. The zero-order valence-electron chi connectivity index (χ0n) is 22.5. The van der Waals surface area contributed by atoms with Gasteiger partial charge in [0.15, 0.2) is 11.0 Å². The highest BCUT2D eigenvalue weighted by Crippen LogP contribution is 2.30. The first-order valence-electron chi connectivity index (χ1n) is 13.2. The molecule has 1 aromatic heterocycles. The van der Waals surface area contributed by atoms with Gasteiger partial charge in [0.25, 0.3) is 0 Å². The summed E-state index contributed by atoms with van der Waals surface area (Å²) in [5.74, 6) is 0.00440. The number of halogens is 3. The van der Waals surface area contributed by atoms with Crippen molar-refractivity contribution in [3.8, 4) is 22.8 Å². The van der Waals surface area contributed by atoms with E-state index in [0.717, 1.165) is 28.8 Å². The van der Waals surface area contributed by atoms with Gasteiger partial charge in [-0.05, 0) is 66.8 Å². The van der Waals surface area contributed by atoms with Crippen molar-refractivity contribution in [1.29, 1.82) is 0 Å². The number of alkyl halides is 3. The Hall–Kier alpha value is -4.45. The van der Waals surface area contributed by atoms with Crippen molar-refractivity contribution in [2.75, 3.05) is 10.7 Å². The number of hydrogen-bond donors (Lipinski definition) is 0. The second-order valence-electron chi connectivity index (χ2n) is 9.40. The number of amides is 2. The molecule has 2 amide bonds. The molecule has 1 fully saturated rings. The number of rotatable bonds is 9. The highest BCUT2D eigenvalue weighted by atomic mass is 32.2. The van der Waals surface area contributed by atoms with E-state index in [4.69, 9.17) is 0 Å². The lowest BCUT2D eigenvalue weighted by molar-refractivity contribution is -0.274. The molecule has 12 heteroatoms. The van der Waals surface area contributed by atoms with Crippen LogP contribution in [-0.2, 0) is 22.4 Å². The topological polar surface area (TPSA) is 89.7 Å². The standard InChI is InChI=1S/C30H26F3N5O3S/c1-2-21-9-3-4-11-25(21)38-27(40)18-42-29(38)35-26(39)12-6-8-20-7-5-10-22(17-20)28-34-19-37(36-28)23-13-15-24(16-14-23)41-30(31,32)33/h3-5,7,9-11,13-17,19H,2,6,8,12,18H2,1H3. The second-order valence-corrected chi connectivity index (χ2v) is 10.3. The van der Waals surface area contributed by atoms with Crippen LogP contribution in [0, 0.1) is 0 Å². The average Bonchev–Trinajstić information content (AvgIpc) is 3.60. The molecule has 0 N–H and O–H groups in total. The normalized spacial score (nSPS) is 14.5. The Balaban J connectivity index is 1.20. The lowest BCUT2D eigenvalue weighted by Crippen LogP contribution is -2.30. The number of aliphatic imine (C=N–C) groups is 1. The van der Waals surface area contributed by atoms with Gasteiger partial charge in [0.2, 0.25) is 11.8 Å². The number of benzene rings is 3. The Kier molecular flexibility index (Phi) is 8.72. The first-order chi connectivity index (χ1) is 20.2. The first kappa shape index (κ1) is 29.1. The van der Waals surface area contributed by atoms with Crippen molar-refractivity contribution in [2.45, 2.75) is 39.0 Å². The third kappa shape index (κ3) is 7.06. The van der Waals surface area contributed by atoms with Gasteiger partial charge >= 0.3 is 6.36 Å². The fraction of sp³-hybridized carbons (Fsp3) is 0.233. The molecule has 1 aliphatic heterocycles. The monoisotopic (exact) mass is 593 g/mol. The number of para-hydroxylation sites is 1. The molecule has 0 radical (unpaired) electrons. The predicted molar refractivity (Wildman–Crippen MR) is 155 cm³/mol. The van der Waals surface area contributed by atoms with Gasteiger partial charge in [-0.2, -0.15) is 4.99 Å². The molecule has 3 aromatic carbocycles. The minimum absolute atomic E-state index is 0.0900. The summed E-state index contributed by atoms with van der Waals surface area (Å²) in [7, 11) is 0. The van der Waals surface area contributed by atoms with Crippen molar-refractivity contribution in [1.82, 2.24) is 14.8 Å². The lowest BCUT2D eigenvalue weighted by Gasteiger charge is -2.19. The summed E-state index contributed by atoms with van der Waals surface area (Å²) in [5, 5.41) is 4.86. The van der Waals surface area contributed by atoms with Gasteiger partial charge in [-0.25, -0.2) is 9.67 Å². The molecule has 1 saturated heterocycles. The quantitative estimate of drug-likeness (QED) is 0.224. The van der Waals surface area contributed by atoms with E-state index in [-0.39, 0.29) is 29.7 Å². The molecular weight excluding hydrogens is 567 g/mol. The summed E-state index contributed by atoms with van der Waals surface area (Å²) < 4.78 is 42.6. The van der Waals surface area contributed by atoms with Crippen molar-refractivity contribution in [3.05, 3.63) is 90.3 Å². The van der Waals surface area contributed by atoms with Crippen LogP contribution in [0.25, 0.3) is 17.1 Å². The summed E-state index contributed by atoms with van der Waals surface area (Å²) in [6, 6.07) is 20.6. The van der Waals surface area contributed by atoms with E-state index in [2.05, 4.69) is 19.8 Å². The van der Waals surface area contributed by atoms with Gasteiger partial charge < -0.3 is 4.74 Å². The summed E-state index contributed by atoms with van der Waals surface area (Å²) >= 11 is 1.27. The maximum absolute atomic E-state index is 12.7. The molecule has 0 bridgehead atoms. The molecule has 1 aliphatic rings. The van der Waals surface area contributed by atoms with E-state index in [0.29, 0.717) is 29.5 Å². The van der Waals surface area contributed by atoms with Gasteiger partial charge in [-0.15, -0.1) is 18.3 Å². The minimum Gasteiger partial charge on any atom is -0.406 e. The Morgan fingerprint density at radius 2 is 1.86 bits per heavy atom. The van der Waals surface area contributed by atoms with Crippen LogP contribution in [0.2, 0.25) is 0 Å². The van der Waals surface area contributed by atoms with Crippen LogP contribution in [0.15, 0.2) is 84.1 Å². The Morgan fingerprint density at radius 3 is 2.62 bits per heavy atom. The molecule has 2 heterocycles. The Labute approximate surface area is 244 Å². The van der Waals surface area contributed by atoms with E-state index in [1.54, 1.807) is 4.90 Å². The highest BCUT2D eigenvalue weighted by molar-refractivity contribution is 8.15. The summed E-state index contributed by atoms with van der Waals surface area (Å²) in [4.78, 5) is 35.4. The number of thioether (sulfide) groups is 1. The number of ether oxygens (including phenoxy) is 1. The van der Waals surface area contributed by atoms with E-state index in [9.17, 15) is 22.8 Å². The number of nitrogens with zero attached hydrogens (tertiary/aromatic N) is 5. The molecule has 216 valence electrons. The van der Waals surface area contributed by atoms with Gasteiger partial charge in [-0.1, -0.05) is 55.1 Å². The number of anilines is 1. The molecule has 0 unspecified atom stereocenters. The summed E-state index contributed by atoms with van der Waals surface area (Å²) in [5.41, 5.74) is 4.06. The third-order valence-corrected chi connectivity index (χ3v) is 7.39. The lowest BCUT2D eigenvalue weighted by atomic mass is 10.0. The van der Waals surface area contributed by atoms with E-state index < -0.39 is 6.36 Å². The number of hydrogen-bond acceptors (Lipinski definition) is 6. The van der Waals surface area contributed by atoms with Crippen molar-refractivity contribution in [3.63, 3.8) is 0 Å². The van der Waals surface area contributed by atoms with E-state index >= 15 is 0 Å². The summed E-state index contributed by atoms with van der Waals surface area (Å²) in [6.07, 6.45) is -1.10. The third-order valence-electron chi connectivity index (χ3n) is 6.47. The van der Waals surface area contributed by atoms with Crippen LogP contribution in [0.5, 0.6) is 5.75 Å². The van der Waals surface area contributed by atoms with Crippen LogP contribution < -0.4 is 9.64 Å². The van der Waals surface area contributed by atoms with Crippen LogP contribution >= 0.6 is 11.8 Å². The molecule has 0 aliphatic carbocycles. The fourth-order valence-corrected chi connectivity index (χ4v) is 5.38. The van der Waals surface area contributed by atoms with Gasteiger partial charge in [0.05, 0.1) is 17.1 Å². The van der Waals surface area contributed by atoms with Crippen molar-refractivity contribution in [2.24, 2.45) is 4.99 Å². The molecule has 5 rings (SSSR count). The van der Waals surface area contributed by atoms with E-state index in [1.165, 1.54) is 47.0 Å². The number of amidine groups is 1. The smallest absolute Gasteiger partial charge is 0.406 e. The molecule has 42 heavy (non-hydrogen) atoms.